The van der Waals surface area contributed by atoms with Gasteiger partial charge in [0.1, 0.15) is 5.75 Å². The van der Waals surface area contributed by atoms with E-state index in [4.69, 9.17) is 0 Å². The van der Waals surface area contributed by atoms with Crippen molar-refractivity contribution in [2.75, 3.05) is 23.3 Å². The van der Waals surface area contributed by atoms with E-state index in [0.29, 0.717) is 30.4 Å². The number of nitrogens with one attached hydrogen (secondary N) is 3. The molecule has 3 aromatic rings. The van der Waals surface area contributed by atoms with Gasteiger partial charge in [0.2, 0.25) is 5.95 Å². The van der Waals surface area contributed by atoms with Crippen LogP contribution in [0.15, 0.2) is 48.5 Å². The molecule has 2 heterocycles. The molecular formula is C30H34N6O5. The largest absolute Gasteiger partial charge is 0.508 e. The van der Waals surface area contributed by atoms with Crippen molar-refractivity contribution in [3.8, 4) is 5.75 Å². The van der Waals surface area contributed by atoms with Crippen molar-refractivity contribution >= 4 is 29.5 Å². The van der Waals surface area contributed by atoms with Crippen LogP contribution in [0.2, 0.25) is 0 Å². The normalized spacial score (nSPS) is 19.2. The summed E-state index contributed by atoms with van der Waals surface area (Å²) in [5.41, 5.74) is 2.34. The van der Waals surface area contributed by atoms with Crippen molar-refractivity contribution in [2.24, 2.45) is 0 Å². The third-order valence-corrected chi connectivity index (χ3v) is 7.67. The first-order chi connectivity index (χ1) is 19.7. The van der Waals surface area contributed by atoms with E-state index in [9.17, 15) is 24.6 Å². The quantitative estimate of drug-likeness (QED) is 0.250. The van der Waals surface area contributed by atoms with Gasteiger partial charge in [-0.1, -0.05) is 30.3 Å². The number of carboxylic acid groups (broad SMARTS) is 1. The number of fused-ring (bicyclic) bond motifs is 1. The number of carbonyl (C=O) groups excluding carboxylic acids is 2. The summed E-state index contributed by atoms with van der Waals surface area (Å²) in [5, 5.41) is 28.2. The smallest absolute Gasteiger partial charge is 0.331 e. The number of phenols is 1. The molecule has 0 spiro atoms. The lowest BCUT2D eigenvalue weighted by molar-refractivity contribution is -0.140. The predicted octanol–water partition coefficient (Wildman–Crippen LogP) is 3.33. The molecule has 214 valence electrons. The molecule has 2 aliphatic rings. The number of benzene rings is 2. The number of carboxylic acids is 1. The molecule has 11 nitrogen and oxygen atoms in total. The summed E-state index contributed by atoms with van der Waals surface area (Å²) < 4.78 is 0. The maximum Gasteiger partial charge on any atom is 0.331 e. The van der Waals surface area contributed by atoms with E-state index in [0.717, 1.165) is 42.5 Å². The van der Waals surface area contributed by atoms with Gasteiger partial charge in [0.05, 0.1) is 23.0 Å². The van der Waals surface area contributed by atoms with Crippen LogP contribution >= 0.6 is 0 Å². The van der Waals surface area contributed by atoms with E-state index in [1.54, 1.807) is 36.9 Å². The Morgan fingerprint density at radius 1 is 1.07 bits per heavy atom. The number of rotatable bonds is 9. The second-order valence-corrected chi connectivity index (χ2v) is 10.6. The lowest BCUT2D eigenvalue weighted by Gasteiger charge is -2.30. The molecule has 2 aromatic carbocycles. The topological polar surface area (TPSA) is 157 Å². The van der Waals surface area contributed by atoms with Crippen LogP contribution in [0.3, 0.4) is 0 Å². The van der Waals surface area contributed by atoms with Gasteiger partial charge in [-0.15, -0.1) is 0 Å². The molecule has 41 heavy (non-hydrogen) atoms. The highest BCUT2D eigenvalue weighted by Gasteiger charge is 2.63. The summed E-state index contributed by atoms with van der Waals surface area (Å²) in [5.74, 6) is -1.20. The number of urea groups is 1. The van der Waals surface area contributed by atoms with Crippen LogP contribution in [0.1, 0.15) is 52.1 Å². The fourth-order valence-corrected chi connectivity index (χ4v) is 5.43. The minimum absolute atomic E-state index is 0.0765. The zero-order chi connectivity index (χ0) is 29.1. The summed E-state index contributed by atoms with van der Waals surface area (Å²) in [6.45, 7) is 4.48. The summed E-state index contributed by atoms with van der Waals surface area (Å²) in [7, 11) is 0. The van der Waals surface area contributed by atoms with Gasteiger partial charge < -0.3 is 26.2 Å². The molecule has 2 atom stereocenters. The SMILES string of the molecule is Cc1nc(NCCCc2cccc(O)c2)nc(C)c1C(=O)NC1(C(=O)O)CC1NC(=O)N1CCCc2ccccc21. The van der Waals surface area contributed by atoms with Crippen molar-refractivity contribution in [3.63, 3.8) is 0 Å². The van der Waals surface area contributed by atoms with Gasteiger partial charge in [-0.3, -0.25) is 9.69 Å². The van der Waals surface area contributed by atoms with Crippen molar-refractivity contribution in [2.45, 2.75) is 57.5 Å². The number of para-hydroxylation sites is 1. The summed E-state index contributed by atoms with van der Waals surface area (Å²) >= 11 is 0. The van der Waals surface area contributed by atoms with Crippen LogP contribution in [0.4, 0.5) is 16.4 Å². The number of aryl methyl sites for hydroxylation is 4. The predicted molar refractivity (Wildman–Crippen MR) is 153 cm³/mol. The van der Waals surface area contributed by atoms with Gasteiger partial charge in [0, 0.05) is 25.2 Å². The number of aromatic hydroxyl groups is 1. The summed E-state index contributed by atoms with van der Waals surface area (Å²) in [6.07, 6.45) is 3.32. The Kier molecular flexibility index (Phi) is 7.78. The lowest BCUT2D eigenvalue weighted by atomic mass is 10.0. The number of hydrogen-bond acceptors (Lipinski definition) is 7. The Balaban J connectivity index is 1.20. The molecule has 0 radical (unpaired) electrons. The van der Waals surface area contributed by atoms with Crippen molar-refractivity contribution in [1.82, 2.24) is 20.6 Å². The molecule has 1 aromatic heterocycles. The van der Waals surface area contributed by atoms with Crippen molar-refractivity contribution in [3.05, 3.63) is 76.6 Å². The molecular weight excluding hydrogens is 524 g/mol. The highest BCUT2D eigenvalue weighted by Crippen LogP contribution is 2.38. The average molecular weight is 559 g/mol. The monoisotopic (exact) mass is 558 g/mol. The van der Waals surface area contributed by atoms with Crippen LogP contribution in [-0.4, -0.2) is 62.8 Å². The maximum atomic E-state index is 13.3. The third-order valence-electron chi connectivity index (χ3n) is 7.67. The molecule has 5 rings (SSSR count). The Morgan fingerprint density at radius 3 is 2.56 bits per heavy atom. The van der Waals surface area contributed by atoms with Crippen LogP contribution in [0, 0.1) is 13.8 Å². The second-order valence-electron chi connectivity index (χ2n) is 10.6. The zero-order valence-electron chi connectivity index (χ0n) is 23.1. The lowest BCUT2D eigenvalue weighted by Crippen LogP contribution is -2.52. The standard InChI is InChI=1S/C30H34N6O5/c1-18-25(19(2)33-28(32-18)31-14-6-9-20-8-5-12-22(37)16-20)26(38)35-30(27(39)40)17-24(30)34-29(41)36-15-7-11-21-10-3-4-13-23(21)36/h3-5,8,10,12-13,16,24,37H,6-7,9,11,14-15,17H2,1-2H3,(H,34,41)(H,35,38)(H,39,40)(H,31,32,33). The Labute approximate surface area is 238 Å². The summed E-state index contributed by atoms with van der Waals surface area (Å²) in [4.78, 5) is 49.1. The first kappa shape index (κ1) is 27.9. The minimum Gasteiger partial charge on any atom is -0.508 e. The fourth-order valence-electron chi connectivity index (χ4n) is 5.43. The van der Waals surface area contributed by atoms with Gasteiger partial charge in [-0.05, 0) is 68.9 Å². The number of carbonyl (C=O) groups is 3. The number of anilines is 2. The van der Waals surface area contributed by atoms with E-state index in [2.05, 4.69) is 25.9 Å². The van der Waals surface area contributed by atoms with Gasteiger partial charge in [-0.25, -0.2) is 19.6 Å². The molecule has 1 saturated carbocycles. The van der Waals surface area contributed by atoms with Gasteiger partial charge in [-0.2, -0.15) is 0 Å². The number of hydrogen-bond donors (Lipinski definition) is 5. The molecule has 11 heteroatoms. The molecule has 0 bridgehead atoms. The number of amides is 3. The molecule has 1 fully saturated rings. The summed E-state index contributed by atoms with van der Waals surface area (Å²) in [6, 6.07) is 13.6. The number of phenolic OH excluding ortho intramolecular Hbond substituents is 1. The molecule has 1 aliphatic heterocycles. The highest BCUT2D eigenvalue weighted by atomic mass is 16.4. The molecule has 5 N–H and O–H groups in total. The molecule has 0 saturated heterocycles. The average Bonchev–Trinajstić information content (AvgIpc) is 3.63. The number of aliphatic carboxylic acids is 1. The van der Waals surface area contributed by atoms with E-state index < -0.39 is 23.5 Å². The van der Waals surface area contributed by atoms with E-state index in [-0.39, 0.29) is 23.8 Å². The second kappa shape index (κ2) is 11.4. The van der Waals surface area contributed by atoms with E-state index in [1.165, 1.54) is 0 Å². The number of nitrogens with zero attached hydrogens (tertiary/aromatic N) is 3. The third kappa shape index (κ3) is 5.93. The Bertz CT molecular complexity index is 1470. The maximum absolute atomic E-state index is 13.3. The fraction of sp³-hybridized carbons (Fsp3) is 0.367. The molecule has 2 unspecified atom stereocenters. The minimum atomic E-state index is -1.61. The molecule has 3 amide bonds. The van der Waals surface area contributed by atoms with Crippen LogP contribution in [0.5, 0.6) is 5.75 Å². The molecule has 1 aliphatic carbocycles. The highest BCUT2D eigenvalue weighted by molar-refractivity contribution is 6.02. The van der Waals surface area contributed by atoms with Crippen molar-refractivity contribution in [1.29, 1.82) is 0 Å². The van der Waals surface area contributed by atoms with Gasteiger partial charge in [0.15, 0.2) is 5.54 Å². The van der Waals surface area contributed by atoms with Gasteiger partial charge in [0.25, 0.3) is 5.91 Å². The van der Waals surface area contributed by atoms with E-state index in [1.807, 2.05) is 30.3 Å². The van der Waals surface area contributed by atoms with Gasteiger partial charge >= 0.3 is 12.0 Å². The van der Waals surface area contributed by atoms with Crippen LogP contribution in [0.25, 0.3) is 0 Å². The Morgan fingerprint density at radius 2 is 1.83 bits per heavy atom. The first-order valence-corrected chi connectivity index (χ1v) is 13.8. The van der Waals surface area contributed by atoms with Crippen LogP contribution in [-0.2, 0) is 17.6 Å². The Hall–Kier alpha value is -4.67. The van der Waals surface area contributed by atoms with Crippen LogP contribution < -0.4 is 20.9 Å². The van der Waals surface area contributed by atoms with E-state index >= 15 is 0 Å². The van der Waals surface area contributed by atoms with Crippen molar-refractivity contribution < 1.29 is 24.6 Å². The zero-order valence-corrected chi connectivity index (χ0v) is 23.1. The number of aromatic nitrogens is 2. The first-order valence-electron chi connectivity index (χ1n) is 13.8.